The minimum absolute atomic E-state index is 0.263. The minimum Gasteiger partial charge on any atom is -0.456 e. The average Bonchev–Trinajstić information content (AvgIpc) is 3.43. The van der Waals surface area contributed by atoms with Crippen LogP contribution in [-0.4, -0.2) is 103 Å². The molecule has 11 nitrogen and oxygen atoms in total. The molecule has 284 valence electrons. The lowest BCUT2D eigenvalue weighted by Gasteiger charge is -2.44. The number of halogens is 1. The molecule has 2 atom stereocenters. The zero-order chi connectivity index (χ0) is 36.8. The van der Waals surface area contributed by atoms with Crippen LogP contribution in [0.25, 0.3) is 0 Å². The van der Waals surface area contributed by atoms with Gasteiger partial charge in [-0.3, -0.25) is 4.79 Å². The summed E-state index contributed by atoms with van der Waals surface area (Å²) < 4.78 is 35.4. The maximum atomic E-state index is 13.7. The van der Waals surface area contributed by atoms with Crippen LogP contribution in [0.5, 0.6) is 11.5 Å². The van der Waals surface area contributed by atoms with Gasteiger partial charge in [0.25, 0.3) is 5.91 Å². The molecule has 7 rings (SSSR count). The van der Waals surface area contributed by atoms with E-state index in [4.69, 9.17) is 40.0 Å². The highest BCUT2D eigenvalue weighted by Crippen LogP contribution is 2.57. The quantitative estimate of drug-likeness (QED) is 0.0858. The number of unbranched alkanes of at least 4 members (excludes halogenated alkanes) is 3. The number of rotatable bonds is 19. The van der Waals surface area contributed by atoms with Gasteiger partial charge in [-0.1, -0.05) is 12.8 Å². The van der Waals surface area contributed by atoms with Gasteiger partial charge in [-0.15, -0.1) is 11.6 Å². The third-order valence-corrected chi connectivity index (χ3v) is 11.0. The molecule has 1 N–H and O–H groups in total. The number of carbonyl (C=O) groups is 2. The first-order chi connectivity index (χ1) is 26.0. The molecule has 1 amide bonds. The molecule has 3 aromatic carbocycles. The normalized spacial score (nSPS) is 19.1. The molecule has 4 aliphatic heterocycles. The Labute approximate surface area is 316 Å². The molecule has 0 unspecified atom stereocenters. The second-order valence-corrected chi connectivity index (χ2v) is 14.4. The predicted molar refractivity (Wildman–Crippen MR) is 203 cm³/mol. The molecule has 0 aromatic heterocycles. The van der Waals surface area contributed by atoms with E-state index in [1.54, 1.807) is 32.4 Å². The number of carbonyl (C=O) groups excluding carboxylic acids is 2. The van der Waals surface area contributed by atoms with Crippen LogP contribution in [0.4, 0.5) is 11.4 Å². The van der Waals surface area contributed by atoms with E-state index in [1.807, 2.05) is 24.3 Å². The second-order valence-electron chi connectivity index (χ2n) is 14.1. The van der Waals surface area contributed by atoms with Gasteiger partial charge in [0.15, 0.2) is 5.60 Å². The van der Waals surface area contributed by atoms with Crippen molar-refractivity contribution in [1.82, 2.24) is 5.32 Å². The van der Waals surface area contributed by atoms with Crippen molar-refractivity contribution in [2.45, 2.75) is 56.2 Å². The van der Waals surface area contributed by atoms with Gasteiger partial charge in [0.05, 0.1) is 50.7 Å². The van der Waals surface area contributed by atoms with Gasteiger partial charge in [-0.2, -0.15) is 0 Å². The largest absolute Gasteiger partial charge is 0.456 e. The van der Waals surface area contributed by atoms with Crippen LogP contribution >= 0.6 is 11.6 Å². The summed E-state index contributed by atoms with van der Waals surface area (Å²) in [5.41, 5.74) is 3.59. The van der Waals surface area contributed by atoms with Crippen LogP contribution < -0.4 is 19.9 Å². The molecule has 3 aromatic rings. The van der Waals surface area contributed by atoms with E-state index in [0.717, 1.165) is 63.0 Å². The molecule has 53 heavy (non-hydrogen) atoms. The molecular formula is C41H50ClN3O8. The maximum Gasteiger partial charge on any atom is 0.340 e. The van der Waals surface area contributed by atoms with Crippen LogP contribution in [0.1, 0.15) is 75.9 Å². The number of alkyl halides is 1. The van der Waals surface area contributed by atoms with Crippen LogP contribution in [0.15, 0.2) is 54.6 Å². The molecule has 2 fully saturated rings. The molecule has 4 heterocycles. The number of esters is 1. The van der Waals surface area contributed by atoms with Gasteiger partial charge in [-0.05, 0) is 68.1 Å². The number of hydrogen-bond donors (Lipinski definition) is 1. The summed E-state index contributed by atoms with van der Waals surface area (Å²) in [6.45, 7) is 5.47. The second kappa shape index (κ2) is 17.1. The Balaban J connectivity index is 1.11. The number of amides is 1. The molecule has 0 aliphatic carbocycles. The third kappa shape index (κ3) is 7.59. The van der Waals surface area contributed by atoms with Crippen molar-refractivity contribution in [3.63, 3.8) is 0 Å². The topological polar surface area (TPSA) is 108 Å². The SMILES string of the molecule is COC[C@H]1CCN1c1ccc2c(c1)Oc1cc(N3CC[C@@H]3COC)ccc1C21OC(=O)c2ccc(C(=O)NCCOCCOCCCCCCCl)cc21. The van der Waals surface area contributed by atoms with Gasteiger partial charge >= 0.3 is 5.97 Å². The van der Waals surface area contributed by atoms with Crippen LogP contribution in [0, 0.1) is 0 Å². The molecule has 0 radical (unpaired) electrons. The molecular weight excluding hydrogens is 698 g/mol. The Morgan fingerprint density at radius 1 is 0.792 bits per heavy atom. The summed E-state index contributed by atoms with van der Waals surface area (Å²) in [7, 11) is 3.44. The minimum atomic E-state index is -1.31. The summed E-state index contributed by atoms with van der Waals surface area (Å²) in [6, 6.07) is 17.9. The van der Waals surface area contributed by atoms with Gasteiger partial charge in [-0.25, -0.2) is 4.79 Å². The summed E-state index contributed by atoms with van der Waals surface area (Å²) in [5.74, 6) is 1.21. The Bertz CT molecular complexity index is 1700. The van der Waals surface area contributed by atoms with Gasteiger partial charge in [0.1, 0.15) is 11.5 Å². The first-order valence-electron chi connectivity index (χ1n) is 18.8. The Morgan fingerprint density at radius 3 is 2.00 bits per heavy atom. The number of fused-ring (bicyclic) bond motifs is 6. The molecule has 1 spiro atoms. The van der Waals surface area contributed by atoms with Gasteiger partial charge in [0.2, 0.25) is 0 Å². The highest BCUT2D eigenvalue weighted by atomic mass is 35.5. The van der Waals surface area contributed by atoms with E-state index in [-0.39, 0.29) is 18.0 Å². The lowest BCUT2D eigenvalue weighted by Crippen LogP contribution is -2.50. The highest BCUT2D eigenvalue weighted by molar-refractivity contribution is 6.17. The Morgan fingerprint density at radius 2 is 1.42 bits per heavy atom. The average molecular weight is 748 g/mol. The fraction of sp³-hybridized carbons (Fsp3) is 0.512. The lowest BCUT2D eigenvalue weighted by molar-refractivity contribution is 0.0224. The number of anilines is 2. The fourth-order valence-corrected chi connectivity index (χ4v) is 7.99. The third-order valence-electron chi connectivity index (χ3n) is 10.8. The number of nitrogens with one attached hydrogen (secondary N) is 1. The number of methoxy groups -OCH3 is 2. The van der Waals surface area contributed by atoms with E-state index in [1.165, 1.54) is 0 Å². The van der Waals surface area contributed by atoms with Gasteiger partial charge < -0.3 is 43.5 Å². The summed E-state index contributed by atoms with van der Waals surface area (Å²) in [6.07, 6.45) is 6.39. The van der Waals surface area contributed by atoms with E-state index >= 15 is 0 Å². The zero-order valence-corrected chi connectivity index (χ0v) is 31.5. The van der Waals surface area contributed by atoms with E-state index in [2.05, 4.69) is 27.2 Å². The molecule has 0 saturated carbocycles. The maximum absolute atomic E-state index is 13.7. The van der Waals surface area contributed by atoms with Crippen LogP contribution in [0.2, 0.25) is 0 Å². The van der Waals surface area contributed by atoms with E-state index in [0.29, 0.717) is 91.4 Å². The number of nitrogens with zero attached hydrogens (tertiary/aromatic N) is 2. The van der Waals surface area contributed by atoms with Crippen molar-refractivity contribution < 1.29 is 38.0 Å². The monoisotopic (exact) mass is 747 g/mol. The Hall–Kier alpha value is -3.87. The summed E-state index contributed by atoms with van der Waals surface area (Å²) >= 11 is 5.72. The molecule has 2 saturated heterocycles. The van der Waals surface area contributed by atoms with E-state index in [9.17, 15) is 9.59 Å². The smallest absolute Gasteiger partial charge is 0.340 e. The van der Waals surface area contributed by atoms with Crippen LogP contribution in [0.3, 0.4) is 0 Å². The van der Waals surface area contributed by atoms with Crippen molar-refractivity contribution in [3.8, 4) is 11.5 Å². The van der Waals surface area contributed by atoms with Crippen molar-refractivity contribution in [3.05, 3.63) is 82.4 Å². The van der Waals surface area contributed by atoms with Crippen molar-refractivity contribution >= 4 is 34.9 Å². The van der Waals surface area contributed by atoms with Gasteiger partial charge in [0, 0.05) is 92.1 Å². The lowest BCUT2D eigenvalue weighted by atomic mass is 9.77. The number of ether oxygens (including phenoxy) is 6. The van der Waals surface area contributed by atoms with Crippen molar-refractivity contribution in [2.75, 3.05) is 89.2 Å². The predicted octanol–water partition coefficient (Wildman–Crippen LogP) is 6.27. The first-order valence-corrected chi connectivity index (χ1v) is 19.4. The van der Waals surface area contributed by atoms with Crippen LogP contribution in [-0.2, 0) is 29.3 Å². The fourth-order valence-electron chi connectivity index (χ4n) is 7.80. The molecule has 0 bridgehead atoms. The zero-order valence-electron chi connectivity index (χ0n) is 30.7. The number of hydrogen-bond acceptors (Lipinski definition) is 10. The summed E-state index contributed by atoms with van der Waals surface area (Å²) in [5, 5.41) is 2.96. The number of benzene rings is 3. The standard InChI is InChI=1S/C41H50ClN3O8/c1-48-26-31-13-17-44(31)29-8-11-34-37(24-29)52-38-25-30(45-18-14-32(45)27-49-2)9-12-35(38)41(34)36-23-28(7-10-33(36)40(47)53-41)39(46)43-16-20-51-22-21-50-19-6-4-3-5-15-42/h7-12,23-25,31-32H,3-6,13-22,26-27H2,1-2H3,(H,43,46)/t31-,32-/m1/s1. The molecule has 4 aliphatic rings. The summed E-state index contributed by atoms with van der Waals surface area (Å²) in [4.78, 5) is 31.8. The highest BCUT2D eigenvalue weighted by Gasteiger charge is 2.54. The van der Waals surface area contributed by atoms with Crippen molar-refractivity contribution in [2.24, 2.45) is 0 Å². The Kier molecular flexibility index (Phi) is 12.1. The molecule has 12 heteroatoms. The first kappa shape index (κ1) is 37.4. The van der Waals surface area contributed by atoms with E-state index < -0.39 is 11.6 Å². The van der Waals surface area contributed by atoms with Crippen molar-refractivity contribution in [1.29, 1.82) is 0 Å².